The molecule has 26 heavy (non-hydrogen) atoms. The molecule has 1 aliphatic rings. The average molecular weight is 422 g/mol. The second-order valence-electron chi connectivity index (χ2n) is 5.89. The average Bonchev–Trinajstić information content (AvgIpc) is 2.99. The zero-order valence-corrected chi connectivity index (χ0v) is 15.5. The first kappa shape index (κ1) is 18.1. The van der Waals surface area contributed by atoms with Crippen LogP contribution in [0.15, 0.2) is 34.9 Å². The van der Waals surface area contributed by atoms with Crippen molar-refractivity contribution in [3.8, 4) is 0 Å². The van der Waals surface area contributed by atoms with Gasteiger partial charge in [-0.2, -0.15) is 5.10 Å². The zero-order valence-electron chi connectivity index (χ0n) is 14.0. The van der Waals surface area contributed by atoms with Gasteiger partial charge in [0.05, 0.1) is 9.40 Å². The van der Waals surface area contributed by atoms with E-state index in [1.165, 1.54) is 18.2 Å². The van der Waals surface area contributed by atoms with Crippen LogP contribution < -0.4 is 0 Å². The van der Waals surface area contributed by atoms with Crippen LogP contribution in [0.5, 0.6) is 0 Å². The maximum atomic E-state index is 12.6. The second kappa shape index (κ2) is 7.24. The van der Waals surface area contributed by atoms with E-state index in [9.17, 15) is 19.7 Å². The van der Waals surface area contributed by atoms with E-state index in [1.807, 2.05) is 0 Å². The third-order valence-electron chi connectivity index (χ3n) is 4.14. The predicted molar refractivity (Wildman–Crippen MR) is 95.8 cm³/mol. The first-order chi connectivity index (χ1) is 12.4. The Morgan fingerprint density at radius 1 is 1.15 bits per heavy atom. The van der Waals surface area contributed by atoms with Gasteiger partial charge < -0.3 is 9.80 Å². The lowest BCUT2D eigenvalue weighted by Crippen LogP contribution is -2.50. The van der Waals surface area contributed by atoms with Gasteiger partial charge >= 0.3 is 0 Å². The number of piperazine rings is 1. The van der Waals surface area contributed by atoms with Crippen LogP contribution in [0.2, 0.25) is 0 Å². The Balaban J connectivity index is 1.65. The van der Waals surface area contributed by atoms with Gasteiger partial charge in [-0.05, 0) is 22.0 Å². The minimum absolute atomic E-state index is 0.121. The van der Waals surface area contributed by atoms with Crippen LogP contribution in [0.1, 0.15) is 20.8 Å². The van der Waals surface area contributed by atoms with Gasteiger partial charge in [0.1, 0.15) is 0 Å². The van der Waals surface area contributed by atoms with Crippen molar-refractivity contribution in [3.63, 3.8) is 0 Å². The second-order valence-corrected chi connectivity index (χ2v) is 6.75. The van der Waals surface area contributed by atoms with Crippen LogP contribution >= 0.6 is 15.9 Å². The molecule has 0 spiro atoms. The van der Waals surface area contributed by atoms with E-state index in [-0.39, 0.29) is 23.1 Å². The van der Waals surface area contributed by atoms with Gasteiger partial charge in [0.2, 0.25) is 0 Å². The van der Waals surface area contributed by atoms with Crippen molar-refractivity contribution in [1.82, 2.24) is 19.6 Å². The molecule has 10 heteroatoms. The summed E-state index contributed by atoms with van der Waals surface area (Å²) in [5.74, 6) is -0.472. The van der Waals surface area contributed by atoms with Gasteiger partial charge in [0, 0.05) is 57.1 Å². The SMILES string of the molecule is Cn1cc(Br)c(C(=O)N2CCN(C(=O)c3cccc([N+](=O)[O-])c3)CC2)n1. The van der Waals surface area contributed by atoms with E-state index in [1.54, 1.807) is 33.8 Å². The van der Waals surface area contributed by atoms with E-state index < -0.39 is 4.92 Å². The van der Waals surface area contributed by atoms with Crippen LogP contribution in [0.4, 0.5) is 5.69 Å². The Morgan fingerprint density at radius 2 is 1.77 bits per heavy atom. The molecule has 2 amide bonds. The number of rotatable bonds is 3. The molecule has 2 aromatic rings. The molecule has 0 atom stereocenters. The third-order valence-corrected chi connectivity index (χ3v) is 4.73. The number of carbonyl (C=O) groups excluding carboxylic acids is 2. The van der Waals surface area contributed by atoms with E-state index >= 15 is 0 Å². The quantitative estimate of drug-likeness (QED) is 0.554. The summed E-state index contributed by atoms with van der Waals surface area (Å²) in [6.07, 6.45) is 1.70. The molecule has 0 N–H and O–H groups in total. The number of hydrogen-bond donors (Lipinski definition) is 0. The van der Waals surface area contributed by atoms with E-state index in [2.05, 4.69) is 21.0 Å². The van der Waals surface area contributed by atoms with E-state index in [0.717, 1.165) is 0 Å². The number of aryl methyl sites for hydroxylation is 1. The molecule has 1 aromatic heterocycles. The first-order valence-corrected chi connectivity index (χ1v) is 8.68. The summed E-state index contributed by atoms with van der Waals surface area (Å²) in [7, 11) is 1.73. The number of halogens is 1. The normalized spacial score (nSPS) is 14.4. The minimum atomic E-state index is -0.530. The number of nitrogens with zero attached hydrogens (tertiary/aromatic N) is 5. The minimum Gasteiger partial charge on any atom is -0.335 e. The van der Waals surface area contributed by atoms with Gasteiger partial charge in [-0.1, -0.05) is 6.07 Å². The van der Waals surface area contributed by atoms with Crippen LogP contribution in [-0.4, -0.2) is 62.5 Å². The van der Waals surface area contributed by atoms with Crippen LogP contribution in [0, 0.1) is 10.1 Å². The smallest absolute Gasteiger partial charge is 0.275 e. The van der Waals surface area contributed by atoms with Crippen molar-refractivity contribution in [1.29, 1.82) is 0 Å². The number of non-ortho nitro benzene ring substituents is 1. The van der Waals surface area contributed by atoms with Crippen molar-refractivity contribution in [3.05, 3.63) is 56.3 Å². The summed E-state index contributed by atoms with van der Waals surface area (Å²) in [6.45, 7) is 1.47. The lowest BCUT2D eigenvalue weighted by atomic mass is 10.1. The molecule has 3 rings (SSSR count). The summed E-state index contributed by atoms with van der Waals surface area (Å²) in [6, 6.07) is 5.66. The Morgan fingerprint density at radius 3 is 2.31 bits per heavy atom. The van der Waals surface area contributed by atoms with Crippen LogP contribution in [0.3, 0.4) is 0 Å². The Kier molecular flexibility index (Phi) is 5.03. The monoisotopic (exact) mass is 421 g/mol. The zero-order chi connectivity index (χ0) is 18.8. The fraction of sp³-hybridized carbons (Fsp3) is 0.312. The fourth-order valence-electron chi connectivity index (χ4n) is 2.80. The number of carbonyl (C=O) groups is 2. The maximum Gasteiger partial charge on any atom is 0.275 e. The Bertz CT molecular complexity index is 873. The van der Waals surface area contributed by atoms with E-state index in [0.29, 0.717) is 36.3 Å². The number of hydrogen-bond acceptors (Lipinski definition) is 5. The van der Waals surface area contributed by atoms with Crippen molar-refractivity contribution in [2.24, 2.45) is 7.05 Å². The van der Waals surface area contributed by atoms with Gasteiger partial charge in [-0.15, -0.1) is 0 Å². The fourth-order valence-corrected chi connectivity index (χ4v) is 3.35. The van der Waals surface area contributed by atoms with E-state index in [4.69, 9.17) is 0 Å². The standard InChI is InChI=1S/C16H16BrN5O4/c1-19-10-13(17)14(18-19)16(24)21-7-5-20(6-8-21)15(23)11-3-2-4-12(9-11)22(25)26/h2-4,9-10H,5-8H2,1H3. The molecule has 1 fully saturated rings. The highest BCUT2D eigenvalue weighted by atomic mass is 79.9. The van der Waals surface area contributed by atoms with Crippen molar-refractivity contribution < 1.29 is 14.5 Å². The molecule has 136 valence electrons. The molecule has 9 nitrogen and oxygen atoms in total. The van der Waals surface area contributed by atoms with Gasteiger partial charge in [-0.3, -0.25) is 24.4 Å². The molecule has 0 saturated carbocycles. The summed E-state index contributed by atoms with van der Waals surface area (Å²) >= 11 is 3.32. The molecule has 0 bridgehead atoms. The number of nitro benzene ring substituents is 1. The first-order valence-electron chi connectivity index (χ1n) is 7.89. The number of amides is 2. The molecule has 0 radical (unpaired) electrons. The number of aromatic nitrogens is 2. The van der Waals surface area contributed by atoms with Gasteiger partial charge in [0.15, 0.2) is 5.69 Å². The van der Waals surface area contributed by atoms with Crippen molar-refractivity contribution in [2.45, 2.75) is 0 Å². The highest BCUT2D eigenvalue weighted by molar-refractivity contribution is 9.10. The predicted octanol–water partition coefficient (Wildman–Crippen LogP) is 1.69. The van der Waals surface area contributed by atoms with Crippen molar-refractivity contribution >= 4 is 33.4 Å². The molecule has 1 aromatic carbocycles. The highest BCUT2D eigenvalue weighted by Gasteiger charge is 2.28. The molecule has 1 aliphatic heterocycles. The van der Waals surface area contributed by atoms with Gasteiger partial charge in [-0.25, -0.2) is 0 Å². The van der Waals surface area contributed by atoms with Crippen molar-refractivity contribution in [2.75, 3.05) is 26.2 Å². The summed E-state index contributed by atoms with van der Waals surface area (Å²) in [5, 5.41) is 15.0. The van der Waals surface area contributed by atoms with Crippen LogP contribution in [-0.2, 0) is 7.05 Å². The largest absolute Gasteiger partial charge is 0.335 e. The summed E-state index contributed by atoms with van der Waals surface area (Å²) < 4.78 is 2.18. The molecule has 1 saturated heterocycles. The molecule has 0 aliphatic carbocycles. The number of benzene rings is 1. The van der Waals surface area contributed by atoms with Gasteiger partial charge in [0.25, 0.3) is 17.5 Å². The summed E-state index contributed by atoms with van der Waals surface area (Å²) in [4.78, 5) is 38.7. The number of nitro groups is 1. The third kappa shape index (κ3) is 3.59. The molecule has 0 unspecified atom stereocenters. The Labute approximate surface area is 157 Å². The Hall–Kier alpha value is -2.75. The topological polar surface area (TPSA) is 102 Å². The molecular formula is C16H16BrN5O4. The highest BCUT2D eigenvalue weighted by Crippen LogP contribution is 2.19. The molecular weight excluding hydrogens is 406 g/mol. The maximum absolute atomic E-state index is 12.6. The molecule has 2 heterocycles. The lowest BCUT2D eigenvalue weighted by molar-refractivity contribution is -0.384. The summed E-state index contributed by atoms with van der Waals surface area (Å²) in [5.41, 5.74) is 0.488. The van der Waals surface area contributed by atoms with Crippen LogP contribution in [0.25, 0.3) is 0 Å². The lowest BCUT2D eigenvalue weighted by Gasteiger charge is -2.34.